The summed E-state index contributed by atoms with van der Waals surface area (Å²) in [4.78, 5) is 8.61. The van der Waals surface area contributed by atoms with Gasteiger partial charge in [0.2, 0.25) is 0 Å². The molecule has 0 spiro atoms. The lowest BCUT2D eigenvalue weighted by atomic mass is 10.5. The van der Waals surface area contributed by atoms with Gasteiger partial charge in [-0.3, -0.25) is 0 Å². The Morgan fingerprint density at radius 1 is 1.42 bits per heavy atom. The minimum absolute atomic E-state index is 0.356. The van der Waals surface area contributed by atoms with Crippen molar-refractivity contribution in [2.24, 2.45) is 5.84 Å². The first kappa shape index (κ1) is 14.1. The molecule has 0 aliphatic heterocycles. The molecule has 0 fully saturated rings. The number of nitrogens with zero attached hydrogens (tertiary/aromatic N) is 4. The fraction of sp³-hybridized carbons (Fsp3) is 0.400. The number of nitrogens with two attached hydrogens (primary N) is 1. The zero-order valence-electron chi connectivity index (χ0n) is 10.6. The van der Waals surface area contributed by atoms with Crippen molar-refractivity contribution in [1.82, 2.24) is 20.2 Å². The Balaban J connectivity index is 2.18. The van der Waals surface area contributed by atoms with Crippen LogP contribution in [0.5, 0.6) is 0 Å². The highest BCUT2D eigenvalue weighted by Gasteiger charge is 2.09. The average Bonchev–Trinajstić information content (AvgIpc) is 2.81. The number of nitrogens with one attached hydrogen (secondary N) is 1. The van der Waals surface area contributed by atoms with E-state index in [4.69, 9.17) is 10.6 Å². The molecule has 0 saturated heterocycles. The van der Waals surface area contributed by atoms with Crippen molar-refractivity contribution in [2.45, 2.75) is 29.8 Å². The summed E-state index contributed by atoms with van der Waals surface area (Å²) in [5, 5.41) is 9.69. The van der Waals surface area contributed by atoms with Crippen LogP contribution in [0.2, 0.25) is 0 Å². The molecule has 9 heteroatoms. The minimum Gasteiger partial charge on any atom is -0.374 e. The van der Waals surface area contributed by atoms with Crippen molar-refractivity contribution in [1.29, 1.82) is 0 Å². The van der Waals surface area contributed by atoms with E-state index < -0.39 is 0 Å². The fourth-order valence-electron chi connectivity index (χ4n) is 1.27. The predicted octanol–water partition coefficient (Wildman–Crippen LogP) is 1.61. The Kier molecular flexibility index (Phi) is 5.02. The van der Waals surface area contributed by atoms with Crippen molar-refractivity contribution < 1.29 is 4.74 Å². The van der Waals surface area contributed by atoms with Gasteiger partial charge in [-0.15, -0.1) is 10.2 Å². The molecule has 2 aromatic rings. The van der Waals surface area contributed by atoms with Crippen LogP contribution in [0.25, 0.3) is 0 Å². The molecule has 0 amide bonds. The van der Waals surface area contributed by atoms with E-state index in [0.29, 0.717) is 24.9 Å². The minimum atomic E-state index is 0.356. The zero-order valence-corrected chi connectivity index (χ0v) is 12.2. The highest BCUT2D eigenvalue weighted by molar-refractivity contribution is 8.01. The third kappa shape index (κ3) is 4.10. The lowest BCUT2D eigenvalue weighted by Crippen LogP contribution is -2.11. The van der Waals surface area contributed by atoms with Gasteiger partial charge in [-0.25, -0.2) is 15.8 Å². The van der Waals surface area contributed by atoms with Crippen LogP contribution in [0.3, 0.4) is 0 Å². The summed E-state index contributed by atoms with van der Waals surface area (Å²) >= 11 is 2.95. The lowest BCUT2D eigenvalue weighted by Gasteiger charge is -2.06. The van der Waals surface area contributed by atoms with E-state index >= 15 is 0 Å². The second-order valence-electron chi connectivity index (χ2n) is 3.48. The molecule has 2 heterocycles. The van der Waals surface area contributed by atoms with E-state index in [2.05, 4.69) is 25.6 Å². The maximum Gasteiger partial charge on any atom is 0.180 e. The lowest BCUT2D eigenvalue weighted by molar-refractivity contribution is 0.128. The topological polar surface area (TPSA) is 98.8 Å². The summed E-state index contributed by atoms with van der Waals surface area (Å²) in [6, 6.07) is 1.76. The number of nitrogen functional groups attached to an aromatic ring is 1. The largest absolute Gasteiger partial charge is 0.374 e. The molecule has 7 nitrogen and oxygen atoms in total. The maximum absolute atomic E-state index is 5.40. The summed E-state index contributed by atoms with van der Waals surface area (Å²) in [5.41, 5.74) is 2.52. The first-order valence-electron chi connectivity index (χ1n) is 5.61. The van der Waals surface area contributed by atoms with Gasteiger partial charge in [-0.1, -0.05) is 11.3 Å². The molecule has 0 saturated carbocycles. The van der Waals surface area contributed by atoms with Gasteiger partial charge < -0.3 is 10.2 Å². The van der Waals surface area contributed by atoms with Gasteiger partial charge in [0.05, 0.1) is 0 Å². The van der Waals surface area contributed by atoms with Crippen LogP contribution in [0.1, 0.15) is 17.8 Å². The smallest absolute Gasteiger partial charge is 0.180 e. The quantitative estimate of drug-likeness (QED) is 0.471. The Morgan fingerprint density at radius 3 is 2.89 bits per heavy atom. The standard InChI is InChI=1S/C10H14N6OS2/c1-3-17-5-8-12-7(14-11)4-9(13-8)19-10-16-15-6(2)18-10/h4H,3,5,11H2,1-2H3,(H,12,13,14). The van der Waals surface area contributed by atoms with Crippen molar-refractivity contribution in [3.05, 3.63) is 16.9 Å². The molecular weight excluding hydrogens is 284 g/mol. The summed E-state index contributed by atoms with van der Waals surface area (Å²) in [7, 11) is 0. The second-order valence-corrected chi connectivity index (χ2v) is 5.93. The fourth-order valence-corrected chi connectivity index (χ4v) is 3.05. The number of hydrogen-bond acceptors (Lipinski definition) is 9. The Labute approximate surface area is 119 Å². The molecule has 0 atom stereocenters. The average molecular weight is 298 g/mol. The molecule has 0 aromatic carbocycles. The molecule has 2 aromatic heterocycles. The number of aromatic nitrogens is 4. The highest BCUT2D eigenvalue weighted by atomic mass is 32.2. The van der Waals surface area contributed by atoms with Crippen LogP contribution in [0, 0.1) is 6.92 Å². The van der Waals surface area contributed by atoms with Gasteiger partial charge >= 0.3 is 0 Å². The van der Waals surface area contributed by atoms with Crippen molar-refractivity contribution >= 4 is 28.9 Å². The van der Waals surface area contributed by atoms with Gasteiger partial charge in [0, 0.05) is 12.7 Å². The van der Waals surface area contributed by atoms with Crippen LogP contribution in [0.15, 0.2) is 15.4 Å². The molecule has 19 heavy (non-hydrogen) atoms. The Morgan fingerprint density at radius 2 is 2.26 bits per heavy atom. The number of hydrogen-bond donors (Lipinski definition) is 2. The van der Waals surface area contributed by atoms with Gasteiger partial charge in [0.25, 0.3) is 0 Å². The molecule has 0 unspecified atom stereocenters. The molecule has 0 radical (unpaired) electrons. The van der Waals surface area contributed by atoms with Crippen molar-refractivity contribution in [3.8, 4) is 0 Å². The maximum atomic E-state index is 5.40. The molecule has 0 aliphatic rings. The highest BCUT2D eigenvalue weighted by Crippen LogP contribution is 2.29. The SMILES string of the molecule is CCOCc1nc(NN)cc(Sc2nnc(C)s2)n1. The molecular formula is C10H14N6OS2. The number of rotatable bonds is 6. The second kappa shape index (κ2) is 6.75. The van der Waals surface area contributed by atoms with Crippen LogP contribution in [-0.4, -0.2) is 26.8 Å². The van der Waals surface area contributed by atoms with Gasteiger partial charge in [0.15, 0.2) is 10.2 Å². The Bertz CT molecular complexity index is 547. The predicted molar refractivity (Wildman–Crippen MR) is 73.9 cm³/mol. The summed E-state index contributed by atoms with van der Waals surface area (Å²) in [6.45, 7) is 4.80. The first-order valence-corrected chi connectivity index (χ1v) is 7.25. The monoisotopic (exact) mass is 298 g/mol. The molecule has 0 aliphatic carbocycles. The van der Waals surface area contributed by atoms with E-state index in [9.17, 15) is 0 Å². The van der Waals surface area contributed by atoms with E-state index in [1.807, 2.05) is 13.8 Å². The molecule has 3 N–H and O–H groups in total. The molecule has 2 rings (SSSR count). The zero-order chi connectivity index (χ0) is 13.7. The van der Waals surface area contributed by atoms with Crippen molar-refractivity contribution in [2.75, 3.05) is 12.0 Å². The normalized spacial score (nSPS) is 10.7. The van der Waals surface area contributed by atoms with E-state index in [0.717, 1.165) is 14.4 Å². The van der Waals surface area contributed by atoms with E-state index in [-0.39, 0.29) is 0 Å². The third-order valence-corrected chi connectivity index (χ3v) is 3.84. The number of hydrazine groups is 1. The number of ether oxygens (including phenoxy) is 1. The summed E-state index contributed by atoms with van der Waals surface area (Å²) in [5.74, 6) is 6.53. The van der Waals surface area contributed by atoms with Crippen molar-refractivity contribution in [3.63, 3.8) is 0 Å². The molecule has 102 valence electrons. The number of anilines is 1. The van der Waals surface area contributed by atoms with Crippen LogP contribution in [-0.2, 0) is 11.3 Å². The van der Waals surface area contributed by atoms with Crippen LogP contribution >= 0.6 is 23.1 Å². The van der Waals surface area contributed by atoms with Gasteiger partial charge in [-0.2, -0.15) is 0 Å². The van der Waals surface area contributed by atoms with Gasteiger partial charge in [-0.05, 0) is 25.6 Å². The van der Waals surface area contributed by atoms with Crippen LogP contribution in [0.4, 0.5) is 5.82 Å². The van der Waals surface area contributed by atoms with Crippen LogP contribution < -0.4 is 11.3 Å². The van der Waals surface area contributed by atoms with E-state index in [1.54, 1.807) is 6.07 Å². The summed E-state index contributed by atoms with van der Waals surface area (Å²) in [6.07, 6.45) is 0. The van der Waals surface area contributed by atoms with Gasteiger partial charge in [0.1, 0.15) is 22.5 Å². The first-order chi connectivity index (χ1) is 9.21. The number of aryl methyl sites for hydroxylation is 1. The third-order valence-electron chi connectivity index (χ3n) is 2.03. The van der Waals surface area contributed by atoms with E-state index in [1.165, 1.54) is 23.1 Å². The summed E-state index contributed by atoms with van der Waals surface area (Å²) < 4.78 is 6.13. The Hall–Kier alpha value is -1.29. The molecule has 0 bridgehead atoms.